The smallest absolute Gasteiger partial charge is 0.251 e. The van der Waals surface area contributed by atoms with Gasteiger partial charge in [-0.1, -0.05) is 18.2 Å². The second-order valence-corrected chi connectivity index (χ2v) is 5.11. The van der Waals surface area contributed by atoms with E-state index < -0.39 is 6.10 Å². The van der Waals surface area contributed by atoms with Crippen LogP contribution in [0.2, 0.25) is 0 Å². The Bertz CT molecular complexity index is 650. The number of aromatic nitrogens is 1. The number of hydrogen-bond acceptors (Lipinski definition) is 4. The molecule has 0 aliphatic rings. The summed E-state index contributed by atoms with van der Waals surface area (Å²) in [6.07, 6.45) is -0.830. The van der Waals surface area contributed by atoms with Gasteiger partial charge in [0.2, 0.25) is 0 Å². The molecule has 2 rings (SSSR count). The number of para-hydroxylation sites is 1. The molecule has 0 aliphatic carbocycles. The molecule has 2 N–H and O–H groups in total. The van der Waals surface area contributed by atoms with Gasteiger partial charge in [-0.2, -0.15) is 0 Å². The third kappa shape index (κ3) is 3.83. The summed E-state index contributed by atoms with van der Waals surface area (Å²) in [5.74, 6) is 0.363. The van der Waals surface area contributed by atoms with Crippen molar-refractivity contribution in [2.24, 2.45) is 0 Å². The SMILES string of the molecule is COc1ccccc1[C@H](O)CNC(=O)c1cc(C)nc(C)c1. The van der Waals surface area contributed by atoms with Gasteiger partial charge in [0.05, 0.1) is 13.2 Å². The molecule has 1 aromatic carbocycles. The first-order valence-electron chi connectivity index (χ1n) is 7.05. The fourth-order valence-corrected chi connectivity index (χ4v) is 2.31. The van der Waals surface area contributed by atoms with Crippen LogP contribution in [0.25, 0.3) is 0 Å². The highest BCUT2D eigenvalue weighted by Crippen LogP contribution is 2.24. The fourth-order valence-electron chi connectivity index (χ4n) is 2.31. The van der Waals surface area contributed by atoms with Crippen molar-refractivity contribution in [3.63, 3.8) is 0 Å². The number of pyridine rings is 1. The first-order valence-corrected chi connectivity index (χ1v) is 7.05. The zero-order valence-electron chi connectivity index (χ0n) is 13.0. The number of nitrogens with one attached hydrogen (secondary N) is 1. The highest BCUT2D eigenvalue weighted by atomic mass is 16.5. The van der Waals surface area contributed by atoms with Crippen molar-refractivity contribution >= 4 is 5.91 Å². The van der Waals surface area contributed by atoms with Gasteiger partial charge in [-0.15, -0.1) is 0 Å². The number of rotatable bonds is 5. The van der Waals surface area contributed by atoms with E-state index in [0.717, 1.165) is 11.4 Å². The molecule has 1 amide bonds. The number of aliphatic hydroxyl groups is 1. The number of aryl methyl sites for hydroxylation is 2. The van der Waals surface area contributed by atoms with E-state index in [4.69, 9.17) is 4.74 Å². The molecule has 5 heteroatoms. The Kier molecular flexibility index (Phi) is 5.12. The number of aliphatic hydroxyl groups excluding tert-OH is 1. The molecule has 5 nitrogen and oxygen atoms in total. The van der Waals surface area contributed by atoms with Crippen LogP contribution in [-0.4, -0.2) is 29.7 Å². The number of carbonyl (C=O) groups excluding carboxylic acids is 1. The highest BCUT2D eigenvalue weighted by Gasteiger charge is 2.15. The van der Waals surface area contributed by atoms with E-state index in [1.807, 2.05) is 26.0 Å². The largest absolute Gasteiger partial charge is 0.496 e. The Balaban J connectivity index is 2.04. The topological polar surface area (TPSA) is 71.5 Å². The molecule has 1 aromatic heterocycles. The number of benzene rings is 1. The Morgan fingerprint density at radius 3 is 2.55 bits per heavy atom. The number of hydrogen-bond donors (Lipinski definition) is 2. The predicted octanol–water partition coefficient (Wildman–Crippen LogP) is 2.17. The Labute approximate surface area is 130 Å². The average Bonchev–Trinajstić information content (AvgIpc) is 2.51. The molecular formula is C17H20N2O3. The van der Waals surface area contributed by atoms with Gasteiger partial charge in [-0.3, -0.25) is 9.78 Å². The minimum absolute atomic E-state index is 0.111. The highest BCUT2D eigenvalue weighted by molar-refractivity contribution is 5.94. The molecular weight excluding hydrogens is 280 g/mol. The van der Waals surface area contributed by atoms with Crippen LogP contribution in [0.4, 0.5) is 0 Å². The first kappa shape index (κ1) is 16.0. The summed E-state index contributed by atoms with van der Waals surface area (Å²) in [6, 6.07) is 10.6. The van der Waals surface area contributed by atoms with Gasteiger partial charge in [0.1, 0.15) is 5.75 Å². The first-order chi connectivity index (χ1) is 10.5. The number of methoxy groups -OCH3 is 1. The van der Waals surface area contributed by atoms with Gasteiger partial charge in [0, 0.05) is 29.1 Å². The van der Waals surface area contributed by atoms with E-state index in [1.165, 1.54) is 0 Å². The average molecular weight is 300 g/mol. The molecule has 1 heterocycles. The van der Waals surface area contributed by atoms with Crippen LogP contribution in [0, 0.1) is 13.8 Å². The molecule has 0 aliphatic heterocycles. The third-order valence-corrected chi connectivity index (χ3v) is 3.30. The van der Waals surface area contributed by atoms with Crippen LogP contribution < -0.4 is 10.1 Å². The van der Waals surface area contributed by atoms with Gasteiger partial charge in [0.15, 0.2) is 0 Å². The van der Waals surface area contributed by atoms with E-state index >= 15 is 0 Å². The molecule has 22 heavy (non-hydrogen) atoms. The Morgan fingerprint density at radius 2 is 1.91 bits per heavy atom. The molecule has 0 saturated heterocycles. The summed E-state index contributed by atoms with van der Waals surface area (Å²) in [6.45, 7) is 3.79. The molecule has 0 fully saturated rings. The molecule has 2 aromatic rings. The molecule has 0 unspecified atom stereocenters. The van der Waals surface area contributed by atoms with Gasteiger partial charge in [0.25, 0.3) is 5.91 Å². The van der Waals surface area contributed by atoms with Crippen LogP contribution in [0.15, 0.2) is 36.4 Å². The molecule has 116 valence electrons. The maximum Gasteiger partial charge on any atom is 0.251 e. The maximum atomic E-state index is 12.2. The Morgan fingerprint density at radius 1 is 1.27 bits per heavy atom. The maximum absolute atomic E-state index is 12.2. The van der Waals surface area contributed by atoms with E-state index in [1.54, 1.807) is 31.4 Å². The van der Waals surface area contributed by atoms with E-state index in [0.29, 0.717) is 16.9 Å². The molecule has 1 atom stereocenters. The van der Waals surface area contributed by atoms with Crippen molar-refractivity contribution in [2.75, 3.05) is 13.7 Å². The lowest BCUT2D eigenvalue weighted by Gasteiger charge is -2.15. The lowest BCUT2D eigenvalue weighted by atomic mass is 10.1. The third-order valence-electron chi connectivity index (χ3n) is 3.30. The summed E-state index contributed by atoms with van der Waals surface area (Å²) in [4.78, 5) is 16.4. The van der Waals surface area contributed by atoms with Crippen LogP contribution in [0.5, 0.6) is 5.75 Å². The summed E-state index contributed by atoms with van der Waals surface area (Å²) in [5.41, 5.74) is 2.76. The second kappa shape index (κ2) is 7.04. The zero-order valence-corrected chi connectivity index (χ0v) is 13.0. The number of carbonyl (C=O) groups is 1. The number of amides is 1. The van der Waals surface area contributed by atoms with E-state index in [2.05, 4.69) is 10.3 Å². The van der Waals surface area contributed by atoms with Gasteiger partial charge in [-0.25, -0.2) is 0 Å². The monoisotopic (exact) mass is 300 g/mol. The molecule has 0 radical (unpaired) electrons. The molecule has 0 bridgehead atoms. The minimum atomic E-state index is -0.830. The van der Waals surface area contributed by atoms with Crippen LogP contribution >= 0.6 is 0 Å². The van der Waals surface area contributed by atoms with Crippen LogP contribution in [-0.2, 0) is 0 Å². The fraction of sp³-hybridized carbons (Fsp3) is 0.294. The van der Waals surface area contributed by atoms with Gasteiger partial charge < -0.3 is 15.2 Å². The standard InChI is InChI=1S/C17H20N2O3/c1-11-8-13(9-12(2)19-11)17(21)18-10-15(20)14-6-4-5-7-16(14)22-3/h4-9,15,20H,10H2,1-3H3,(H,18,21)/t15-/m1/s1. The van der Waals surface area contributed by atoms with Crippen molar-refractivity contribution < 1.29 is 14.6 Å². The second-order valence-electron chi connectivity index (χ2n) is 5.11. The van der Waals surface area contributed by atoms with Crippen LogP contribution in [0.3, 0.4) is 0 Å². The van der Waals surface area contributed by atoms with Crippen molar-refractivity contribution in [3.05, 3.63) is 58.9 Å². The number of nitrogens with zero attached hydrogens (tertiary/aromatic N) is 1. The van der Waals surface area contributed by atoms with Crippen molar-refractivity contribution in [1.29, 1.82) is 0 Å². The van der Waals surface area contributed by atoms with Crippen LogP contribution in [0.1, 0.15) is 33.4 Å². The summed E-state index contributed by atoms with van der Waals surface area (Å²) in [7, 11) is 1.55. The zero-order chi connectivity index (χ0) is 16.1. The van der Waals surface area contributed by atoms with E-state index in [-0.39, 0.29) is 12.5 Å². The lowest BCUT2D eigenvalue weighted by Crippen LogP contribution is -2.28. The Hall–Kier alpha value is -2.40. The van der Waals surface area contributed by atoms with Gasteiger partial charge >= 0.3 is 0 Å². The van der Waals surface area contributed by atoms with Crippen molar-refractivity contribution in [3.8, 4) is 5.75 Å². The summed E-state index contributed by atoms with van der Waals surface area (Å²) >= 11 is 0. The van der Waals surface area contributed by atoms with E-state index in [9.17, 15) is 9.90 Å². The predicted molar refractivity (Wildman–Crippen MR) is 84.0 cm³/mol. The lowest BCUT2D eigenvalue weighted by molar-refractivity contribution is 0.0914. The molecule has 0 saturated carbocycles. The van der Waals surface area contributed by atoms with Gasteiger partial charge in [-0.05, 0) is 32.0 Å². The molecule has 0 spiro atoms. The normalized spacial score (nSPS) is 11.8. The summed E-state index contributed by atoms with van der Waals surface area (Å²) in [5, 5.41) is 13.0. The summed E-state index contributed by atoms with van der Waals surface area (Å²) < 4.78 is 5.21. The van der Waals surface area contributed by atoms with Crippen molar-refractivity contribution in [1.82, 2.24) is 10.3 Å². The minimum Gasteiger partial charge on any atom is -0.496 e. The quantitative estimate of drug-likeness (QED) is 0.887. The number of ether oxygens (including phenoxy) is 1. The van der Waals surface area contributed by atoms with Crippen molar-refractivity contribution in [2.45, 2.75) is 20.0 Å².